The molecule has 1 aromatic rings. The molecule has 1 rings (SSSR count). The lowest BCUT2D eigenvalue weighted by Gasteiger charge is -2.24. The van der Waals surface area contributed by atoms with Crippen LogP contribution in [0.1, 0.15) is 33.4 Å². The average molecular weight is 266 g/mol. The number of aliphatic hydroxyl groups is 1. The zero-order valence-corrected chi connectivity index (χ0v) is 11.9. The van der Waals surface area contributed by atoms with Crippen LogP contribution in [0.3, 0.4) is 0 Å². The summed E-state index contributed by atoms with van der Waals surface area (Å²) in [5.41, 5.74) is 0.239. The zero-order chi connectivity index (χ0) is 14.5. The van der Waals surface area contributed by atoms with Crippen molar-refractivity contribution in [3.05, 3.63) is 30.1 Å². The Labute approximate surface area is 114 Å². The monoisotopic (exact) mass is 266 g/mol. The lowest BCUT2D eigenvalue weighted by Crippen LogP contribution is -2.44. The van der Waals surface area contributed by atoms with Gasteiger partial charge in [0.05, 0.1) is 12.1 Å². The van der Waals surface area contributed by atoms with Crippen molar-refractivity contribution in [2.45, 2.75) is 51.9 Å². The number of carbonyl (C=O) groups is 1. The normalized spacial score (nSPS) is 14.6. The molecule has 2 N–H and O–H groups in total. The van der Waals surface area contributed by atoms with Crippen LogP contribution >= 0.6 is 0 Å². The van der Waals surface area contributed by atoms with E-state index >= 15 is 0 Å². The topological polar surface area (TPSA) is 71.5 Å². The molecule has 1 amide bonds. The van der Waals surface area contributed by atoms with Gasteiger partial charge >= 0.3 is 6.09 Å². The predicted molar refractivity (Wildman–Crippen MR) is 72.8 cm³/mol. The zero-order valence-electron chi connectivity index (χ0n) is 11.9. The lowest BCUT2D eigenvalue weighted by molar-refractivity contribution is 0.0436. The Morgan fingerprint density at radius 3 is 2.68 bits per heavy atom. The van der Waals surface area contributed by atoms with Crippen molar-refractivity contribution in [3.8, 4) is 0 Å². The molecular formula is C14H22N2O3. The highest BCUT2D eigenvalue weighted by molar-refractivity contribution is 5.68. The molecule has 1 aromatic heterocycles. The van der Waals surface area contributed by atoms with Crippen molar-refractivity contribution in [3.63, 3.8) is 0 Å². The van der Waals surface area contributed by atoms with Crippen molar-refractivity contribution < 1.29 is 14.6 Å². The van der Waals surface area contributed by atoms with E-state index in [0.29, 0.717) is 6.42 Å². The van der Waals surface area contributed by atoms with Gasteiger partial charge in [0.2, 0.25) is 0 Å². The number of amides is 1. The molecular weight excluding hydrogens is 244 g/mol. The van der Waals surface area contributed by atoms with E-state index in [-0.39, 0.29) is 0 Å². The van der Waals surface area contributed by atoms with Gasteiger partial charge in [-0.3, -0.25) is 4.98 Å². The molecule has 0 saturated heterocycles. The molecule has 106 valence electrons. The second kappa shape index (κ2) is 6.52. The van der Waals surface area contributed by atoms with Crippen LogP contribution < -0.4 is 5.32 Å². The number of hydrogen-bond donors (Lipinski definition) is 2. The van der Waals surface area contributed by atoms with Crippen LogP contribution in [0, 0.1) is 0 Å². The summed E-state index contributed by atoms with van der Waals surface area (Å²) in [7, 11) is 0. The number of rotatable bonds is 4. The molecule has 5 heteroatoms. The molecule has 0 bridgehead atoms. The fourth-order valence-corrected chi connectivity index (χ4v) is 1.50. The van der Waals surface area contributed by atoms with Crippen molar-refractivity contribution >= 4 is 6.09 Å². The molecule has 2 unspecified atom stereocenters. The van der Waals surface area contributed by atoms with Crippen molar-refractivity contribution in [1.29, 1.82) is 0 Å². The van der Waals surface area contributed by atoms with E-state index in [1.54, 1.807) is 33.9 Å². The maximum atomic E-state index is 11.6. The maximum Gasteiger partial charge on any atom is 0.407 e. The van der Waals surface area contributed by atoms with Crippen LogP contribution in [0.15, 0.2) is 24.4 Å². The third-order valence-corrected chi connectivity index (χ3v) is 2.47. The molecule has 0 aliphatic heterocycles. The van der Waals surface area contributed by atoms with Gasteiger partial charge in [-0.05, 0) is 39.8 Å². The molecule has 5 nitrogen and oxygen atoms in total. The van der Waals surface area contributed by atoms with Crippen LogP contribution in [0.5, 0.6) is 0 Å². The standard InChI is InChI=1S/C14H22N2O3/c1-10(16-13(18)19-14(2,3)4)12(17)9-11-7-5-6-8-15-11/h5-8,10,12,17H,9H2,1-4H3,(H,16,18). The molecule has 0 aromatic carbocycles. The Bertz CT molecular complexity index is 401. The largest absolute Gasteiger partial charge is 0.444 e. The molecule has 0 spiro atoms. The van der Waals surface area contributed by atoms with Crippen molar-refractivity contribution in [2.24, 2.45) is 0 Å². The number of hydrogen-bond acceptors (Lipinski definition) is 4. The SMILES string of the molecule is CC(NC(=O)OC(C)(C)C)C(O)Cc1ccccn1. The van der Waals surface area contributed by atoms with Crippen molar-refractivity contribution in [1.82, 2.24) is 10.3 Å². The van der Waals surface area contributed by atoms with E-state index in [1.165, 1.54) is 0 Å². The Balaban J connectivity index is 2.45. The summed E-state index contributed by atoms with van der Waals surface area (Å²) in [5, 5.41) is 12.6. The maximum absolute atomic E-state index is 11.6. The second-order valence-corrected chi connectivity index (χ2v) is 5.53. The van der Waals surface area contributed by atoms with Gasteiger partial charge in [-0.15, -0.1) is 0 Å². The van der Waals surface area contributed by atoms with Gasteiger partial charge in [-0.25, -0.2) is 4.79 Å². The summed E-state index contributed by atoms with van der Waals surface area (Å²) in [4.78, 5) is 15.7. The Kier molecular flexibility index (Phi) is 5.30. The minimum atomic E-state index is -0.706. The highest BCUT2D eigenvalue weighted by atomic mass is 16.6. The molecule has 0 radical (unpaired) electrons. The number of aromatic nitrogens is 1. The lowest BCUT2D eigenvalue weighted by atomic mass is 10.1. The van der Waals surface area contributed by atoms with Gasteiger partial charge in [0.15, 0.2) is 0 Å². The van der Waals surface area contributed by atoms with Gasteiger partial charge in [-0.2, -0.15) is 0 Å². The number of carbonyl (C=O) groups excluding carboxylic acids is 1. The van der Waals surface area contributed by atoms with Gasteiger partial charge in [-0.1, -0.05) is 6.07 Å². The van der Waals surface area contributed by atoms with Gasteiger partial charge in [0.25, 0.3) is 0 Å². The third kappa shape index (κ3) is 6.20. The fourth-order valence-electron chi connectivity index (χ4n) is 1.50. The number of nitrogens with one attached hydrogen (secondary N) is 1. The summed E-state index contributed by atoms with van der Waals surface area (Å²) in [6.45, 7) is 7.11. The van der Waals surface area contributed by atoms with Crippen LogP contribution in [0.4, 0.5) is 4.79 Å². The summed E-state index contributed by atoms with van der Waals surface area (Å²) < 4.78 is 5.13. The van der Waals surface area contributed by atoms with Crippen LogP contribution in [-0.2, 0) is 11.2 Å². The second-order valence-electron chi connectivity index (χ2n) is 5.53. The number of nitrogens with zero attached hydrogens (tertiary/aromatic N) is 1. The van der Waals surface area contributed by atoms with Crippen LogP contribution in [-0.4, -0.2) is 33.9 Å². The summed E-state index contributed by atoms with van der Waals surface area (Å²) in [5.74, 6) is 0. The van der Waals surface area contributed by atoms with E-state index < -0.39 is 23.8 Å². The summed E-state index contributed by atoms with van der Waals surface area (Å²) >= 11 is 0. The number of ether oxygens (including phenoxy) is 1. The Morgan fingerprint density at radius 2 is 2.16 bits per heavy atom. The van der Waals surface area contributed by atoms with Gasteiger partial charge < -0.3 is 15.2 Å². The van der Waals surface area contributed by atoms with Gasteiger partial charge in [0, 0.05) is 18.3 Å². The highest BCUT2D eigenvalue weighted by Gasteiger charge is 2.21. The molecule has 19 heavy (non-hydrogen) atoms. The van der Waals surface area contributed by atoms with E-state index in [0.717, 1.165) is 5.69 Å². The molecule has 1 heterocycles. The van der Waals surface area contributed by atoms with Gasteiger partial charge in [0.1, 0.15) is 5.60 Å². The van der Waals surface area contributed by atoms with E-state index in [9.17, 15) is 9.90 Å². The Hall–Kier alpha value is -1.62. The minimum absolute atomic E-state index is 0.387. The Morgan fingerprint density at radius 1 is 1.47 bits per heavy atom. The van der Waals surface area contributed by atoms with Crippen LogP contribution in [0.2, 0.25) is 0 Å². The quantitative estimate of drug-likeness (QED) is 0.873. The molecule has 0 aliphatic rings. The van der Waals surface area contributed by atoms with Crippen molar-refractivity contribution in [2.75, 3.05) is 0 Å². The first-order chi connectivity index (χ1) is 8.78. The number of aliphatic hydroxyl groups excluding tert-OH is 1. The molecule has 0 saturated carbocycles. The number of pyridine rings is 1. The first-order valence-corrected chi connectivity index (χ1v) is 6.35. The first-order valence-electron chi connectivity index (χ1n) is 6.35. The number of alkyl carbamates (subject to hydrolysis) is 1. The van der Waals surface area contributed by atoms with Crippen LogP contribution in [0.25, 0.3) is 0 Å². The molecule has 2 atom stereocenters. The first kappa shape index (κ1) is 15.4. The van der Waals surface area contributed by atoms with E-state index in [4.69, 9.17) is 4.74 Å². The molecule has 0 aliphatic carbocycles. The smallest absolute Gasteiger partial charge is 0.407 e. The molecule has 0 fully saturated rings. The fraction of sp³-hybridized carbons (Fsp3) is 0.571. The predicted octanol–water partition coefficient (Wildman–Crippen LogP) is 1.90. The highest BCUT2D eigenvalue weighted by Crippen LogP contribution is 2.08. The average Bonchev–Trinajstić information content (AvgIpc) is 2.27. The summed E-state index contributed by atoms with van der Waals surface area (Å²) in [6, 6.07) is 5.11. The third-order valence-electron chi connectivity index (χ3n) is 2.47. The minimum Gasteiger partial charge on any atom is -0.444 e. The summed E-state index contributed by atoms with van der Waals surface area (Å²) in [6.07, 6.45) is 0.828. The van der Waals surface area contributed by atoms with E-state index in [1.807, 2.05) is 18.2 Å². The van der Waals surface area contributed by atoms with E-state index in [2.05, 4.69) is 10.3 Å².